The third-order valence-electron chi connectivity index (χ3n) is 4.72. The SMILES string of the molecule is COc1cc2c(cc1OC)C1C/C(=N\O)C(C)CN1CC2. The van der Waals surface area contributed by atoms with Gasteiger partial charge in [-0.15, -0.1) is 0 Å². The molecule has 2 atom stereocenters. The van der Waals surface area contributed by atoms with E-state index in [0.29, 0.717) is 5.92 Å². The lowest BCUT2D eigenvalue weighted by Gasteiger charge is -2.43. The maximum atomic E-state index is 9.21. The van der Waals surface area contributed by atoms with Crippen LogP contribution >= 0.6 is 0 Å². The number of benzene rings is 1. The van der Waals surface area contributed by atoms with E-state index in [-0.39, 0.29) is 6.04 Å². The molecule has 2 aliphatic heterocycles. The molecule has 1 fully saturated rings. The van der Waals surface area contributed by atoms with Gasteiger partial charge in [-0.2, -0.15) is 0 Å². The summed E-state index contributed by atoms with van der Waals surface area (Å²) < 4.78 is 10.8. The second-order valence-electron chi connectivity index (χ2n) is 5.86. The van der Waals surface area contributed by atoms with Gasteiger partial charge in [0.05, 0.1) is 19.9 Å². The second-order valence-corrected chi connectivity index (χ2v) is 5.86. The summed E-state index contributed by atoms with van der Waals surface area (Å²) >= 11 is 0. The molecular formula is C16H22N2O3. The maximum absolute atomic E-state index is 9.21. The van der Waals surface area contributed by atoms with Crippen molar-refractivity contribution in [3.8, 4) is 11.5 Å². The molecule has 2 aliphatic rings. The normalized spacial score (nSPS) is 27.1. The molecule has 5 heteroatoms. The van der Waals surface area contributed by atoms with Crippen molar-refractivity contribution in [2.45, 2.75) is 25.8 Å². The Morgan fingerprint density at radius 3 is 2.62 bits per heavy atom. The van der Waals surface area contributed by atoms with Crippen LogP contribution in [0.2, 0.25) is 0 Å². The van der Waals surface area contributed by atoms with Crippen molar-refractivity contribution >= 4 is 5.71 Å². The Kier molecular flexibility index (Phi) is 3.76. The smallest absolute Gasteiger partial charge is 0.161 e. The summed E-state index contributed by atoms with van der Waals surface area (Å²) in [6.07, 6.45) is 1.80. The van der Waals surface area contributed by atoms with Crippen LogP contribution in [0.5, 0.6) is 11.5 Å². The molecule has 5 nitrogen and oxygen atoms in total. The molecule has 114 valence electrons. The van der Waals surface area contributed by atoms with E-state index in [1.54, 1.807) is 14.2 Å². The Morgan fingerprint density at radius 2 is 1.95 bits per heavy atom. The van der Waals surface area contributed by atoms with Crippen molar-refractivity contribution in [1.29, 1.82) is 0 Å². The fourth-order valence-corrected chi connectivity index (χ4v) is 3.53. The van der Waals surface area contributed by atoms with Crippen molar-refractivity contribution in [2.75, 3.05) is 27.3 Å². The molecule has 2 unspecified atom stereocenters. The highest BCUT2D eigenvalue weighted by atomic mass is 16.5. The van der Waals surface area contributed by atoms with Crippen LogP contribution in [0.25, 0.3) is 0 Å². The zero-order chi connectivity index (χ0) is 15.0. The van der Waals surface area contributed by atoms with Crippen LogP contribution in [-0.4, -0.2) is 43.1 Å². The van der Waals surface area contributed by atoms with Gasteiger partial charge in [-0.3, -0.25) is 4.90 Å². The molecule has 2 heterocycles. The standard InChI is InChI=1S/C16H22N2O3/c1-10-9-18-5-4-11-6-15(20-2)16(21-3)7-12(11)14(18)8-13(10)17-19/h6-7,10,14,19H,4-5,8-9H2,1-3H3/b17-13+. The van der Waals surface area contributed by atoms with Crippen molar-refractivity contribution in [2.24, 2.45) is 11.1 Å². The summed E-state index contributed by atoms with van der Waals surface area (Å²) in [6.45, 7) is 4.10. The fraction of sp³-hybridized carbons (Fsp3) is 0.562. The van der Waals surface area contributed by atoms with Gasteiger partial charge in [-0.05, 0) is 29.7 Å². The molecule has 1 N–H and O–H groups in total. The summed E-state index contributed by atoms with van der Waals surface area (Å²) in [5, 5.41) is 12.7. The molecule has 0 radical (unpaired) electrons. The van der Waals surface area contributed by atoms with Crippen molar-refractivity contribution in [3.63, 3.8) is 0 Å². The third kappa shape index (κ3) is 2.35. The predicted octanol–water partition coefficient (Wildman–Crippen LogP) is 2.47. The number of piperidine rings is 1. The highest BCUT2D eigenvalue weighted by Crippen LogP contribution is 2.41. The lowest BCUT2D eigenvalue weighted by molar-refractivity contribution is 0.154. The number of oxime groups is 1. The Hall–Kier alpha value is -1.75. The van der Waals surface area contributed by atoms with Gasteiger partial charge < -0.3 is 14.7 Å². The molecule has 1 saturated heterocycles. The van der Waals surface area contributed by atoms with Gasteiger partial charge in [0.15, 0.2) is 11.5 Å². The van der Waals surface area contributed by atoms with Gasteiger partial charge >= 0.3 is 0 Å². The minimum absolute atomic E-state index is 0.274. The second kappa shape index (κ2) is 5.56. The monoisotopic (exact) mass is 290 g/mol. The van der Waals surface area contributed by atoms with E-state index in [1.165, 1.54) is 11.1 Å². The average Bonchev–Trinajstić information content (AvgIpc) is 2.52. The number of hydrogen-bond acceptors (Lipinski definition) is 5. The summed E-state index contributed by atoms with van der Waals surface area (Å²) in [7, 11) is 3.33. The quantitative estimate of drug-likeness (QED) is 0.671. The van der Waals surface area contributed by atoms with E-state index in [4.69, 9.17) is 9.47 Å². The first-order valence-corrected chi connectivity index (χ1v) is 7.37. The van der Waals surface area contributed by atoms with E-state index in [9.17, 15) is 5.21 Å². The van der Waals surface area contributed by atoms with E-state index < -0.39 is 0 Å². The molecule has 1 aromatic carbocycles. The summed E-state index contributed by atoms with van der Waals surface area (Å²) in [4.78, 5) is 2.48. The van der Waals surface area contributed by atoms with Gasteiger partial charge in [0.1, 0.15) is 0 Å². The third-order valence-corrected chi connectivity index (χ3v) is 4.72. The number of nitrogens with zero attached hydrogens (tertiary/aromatic N) is 2. The van der Waals surface area contributed by atoms with Gasteiger partial charge in [-0.1, -0.05) is 12.1 Å². The largest absolute Gasteiger partial charge is 0.493 e. The predicted molar refractivity (Wildman–Crippen MR) is 80.6 cm³/mol. The topological polar surface area (TPSA) is 54.3 Å². The summed E-state index contributed by atoms with van der Waals surface area (Å²) in [6, 6.07) is 4.44. The molecule has 0 bridgehead atoms. The maximum Gasteiger partial charge on any atom is 0.161 e. The summed E-state index contributed by atoms with van der Waals surface area (Å²) in [5.74, 6) is 1.86. The molecule has 0 saturated carbocycles. The van der Waals surface area contributed by atoms with Gasteiger partial charge in [-0.25, -0.2) is 0 Å². The van der Waals surface area contributed by atoms with Crippen molar-refractivity contribution in [3.05, 3.63) is 23.3 Å². The molecule has 21 heavy (non-hydrogen) atoms. The van der Waals surface area contributed by atoms with Crippen LogP contribution in [0.1, 0.15) is 30.5 Å². The van der Waals surface area contributed by atoms with E-state index in [1.807, 2.05) is 0 Å². The molecule has 0 amide bonds. The van der Waals surface area contributed by atoms with Crippen LogP contribution in [0.15, 0.2) is 17.3 Å². The Balaban J connectivity index is 2.01. The first-order chi connectivity index (χ1) is 10.2. The number of fused-ring (bicyclic) bond motifs is 3. The van der Waals surface area contributed by atoms with Gasteiger partial charge in [0, 0.05) is 31.5 Å². The molecule has 0 aromatic heterocycles. The van der Waals surface area contributed by atoms with Crippen LogP contribution < -0.4 is 9.47 Å². The fourth-order valence-electron chi connectivity index (χ4n) is 3.53. The van der Waals surface area contributed by atoms with Gasteiger partial charge in [0.25, 0.3) is 0 Å². The molecule has 0 aliphatic carbocycles. The van der Waals surface area contributed by atoms with Gasteiger partial charge in [0.2, 0.25) is 0 Å². The van der Waals surface area contributed by atoms with E-state index >= 15 is 0 Å². The summed E-state index contributed by atoms with van der Waals surface area (Å²) in [5.41, 5.74) is 3.46. The highest BCUT2D eigenvalue weighted by Gasteiger charge is 2.36. The van der Waals surface area contributed by atoms with Crippen LogP contribution in [-0.2, 0) is 6.42 Å². The average molecular weight is 290 g/mol. The van der Waals surface area contributed by atoms with E-state index in [2.05, 4.69) is 29.1 Å². The molecular weight excluding hydrogens is 268 g/mol. The van der Waals surface area contributed by atoms with Crippen LogP contribution in [0.3, 0.4) is 0 Å². The Bertz CT molecular complexity index is 571. The molecule has 0 spiro atoms. The van der Waals surface area contributed by atoms with E-state index in [0.717, 1.165) is 43.1 Å². The minimum atomic E-state index is 0.274. The number of methoxy groups -OCH3 is 2. The highest BCUT2D eigenvalue weighted by molar-refractivity contribution is 5.87. The number of rotatable bonds is 2. The van der Waals surface area contributed by atoms with Crippen LogP contribution in [0.4, 0.5) is 0 Å². The molecule has 1 aromatic rings. The Labute approximate surface area is 125 Å². The zero-order valence-corrected chi connectivity index (χ0v) is 12.8. The lowest BCUT2D eigenvalue weighted by atomic mass is 9.82. The lowest BCUT2D eigenvalue weighted by Crippen LogP contribution is -2.45. The zero-order valence-electron chi connectivity index (χ0n) is 12.8. The first kappa shape index (κ1) is 14.2. The molecule has 3 rings (SSSR count). The van der Waals surface area contributed by atoms with Crippen molar-refractivity contribution < 1.29 is 14.7 Å². The number of hydrogen-bond donors (Lipinski definition) is 1. The van der Waals surface area contributed by atoms with Crippen molar-refractivity contribution in [1.82, 2.24) is 4.90 Å². The first-order valence-electron chi connectivity index (χ1n) is 7.37. The number of ether oxygens (including phenoxy) is 2. The Morgan fingerprint density at radius 1 is 1.24 bits per heavy atom. The minimum Gasteiger partial charge on any atom is -0.493 e. The van der Waals surface area contributed by atoms with Crippen LogP contribution in [0, 0.1) is 5.92 Å².